The Morgan fingerprint density at radius 2 is 1.74 bits per heavy atom. The minimum absolute atomic E-state index is 0.0764. The van der Waals surface area contributed by atoms with Crippen molar-refractivity contribution in [3.05, 3.63) is 66.4 Å². The highest BCUT2D eigenvalue weighted by molar-refractivity contribution is 5.69. The predicted octanol–water partition coefficient (Wildman–Crippen LogP) is 4.90. The molecule has 0 aliphatic carbocycles. The number of ether oxygens (including phenoxy) is 1. The Balaban J connectivity index is 1.82. The van der Waals surface area contributed by atoms with E-state index in [4.69, 9.17) is 4.74 Å². The third kappa shape index (κ3) is 3.12. The maximum Gasteiger partial charge on any atom is 0.168 e. The highest BCUT2D eigenvalue weighted by Crippen LogP contribution is 2.31. The van der Waals surface area contributed by atoms with Gasteiger partial charge in [0.05, 0.1) is 7.11 Å². The maximum atomic E-state index is 10.1. The van der Waals surface area contributed by atoms with Gasteiger partial charge >= 0.3 is 0 Å². The molecule has 0 bridgehead atoms. The first kappa shape index (κ1) is 17.1. The Morgan fingerprint density at radius 3 is 2.48 bits per heavy atom. The van der Waals surface area contributed by atoms with Gasteiger partial charge in [0.2, 0.25) is 0 Å². The number of aromatic hydroxyl groups is 1. The van der Waals surface area contributed by atoms with E-state index in [1.165, 1.54) is 12.7 Å². The van der Waals surface area contributed by atoms with Gasteiger partial charge in [0.25, 0.3) is 0 Å². The number of aromatic nitrogens is 3. The molecular formula is C22H21N3O2. The van der Waals surface area contributed by atoms with Gasteiger partial charge < -0.3 is 9.84 Å². The first-order chi connectivity index (χ1) is 13.1. The van der Waals surface area contributed by atoms with E-state index < -0.39 is 0 Å². The largest absolute Gasteiger partial charge is 0.504 e. The summed E-state index contributed by atoms with van der Waals surface area (Å²) in [6.07, 6.45) is 2.03. The van der Waals surface area contributed by atoms with E-state index in [0.717, 1.165) is 22.3 Å². The fourth-order valence-corrected chi connectivity index (χ4v) is 3.16. The summed E-state index contributed by atoms with van der Waals surface area (Å²) < 4.78 is 7.06. The van der Waals surface area contributed by atoms with Crippen molar-refractivity contribution in [2.24, 2.45) is 0 Å². The van der Waals surface area contributed by atoms with Gasteiger partial charge in [-0.25, -0.2) is 0 Å². The number of benzene rings is 2. The lowest BCUT2D eigenvalue weighted by atomic mass is 9.98. The molecule has 0 spiro atoms. The number of fused-ring (bicyclic) bond motifs is 1. The Bertz CT molecular complexity index is 1120. The number of hydrogen-bond donors (Lipinski definition) is 1. The lowest BCUT2D eigenvalue weighted by molar-refractivity contribution is 0.373. The van der Waals surface area contributed by atoms with Crippen LogP contribution in [0.4, 0.5) is 0 Å². The quantitative estimate of drug-likeness (QED) is 0.563. The molecule has 1 N–H and O–H groups in total. The fraction of sp³-hybridized carbons (Fsp3) is 0.182. The third-order valence-corrected chi connectivity index (χ3v) is 4.73. The highest BCUT2D eigenvalue weighted by Gasteiger charge is 2.12. The van der Waals surface area contributed by atoms with Crippen molar-refractivity contribution < 1.29 is 9.84 Å². The molecule has 0 unspecified atom stereocenters. The summed E-state index contributed by atoms with van der Waals surface area (Å²) in [5, 5.41) is 18.6. The molecule has 27 heavy (non-hydrogen) atoms. The van der Waals surface area contributed by atoms with Gasteiger partial charge in [-0.05, 0) is 52.9 Å². The standard InChI is InChI=1S/C22H21N3O2/c1-14(2)15-5-4-6-16(11-15)18-8-10-21-23-24-22(25(21)13-18)17-7-9-20(27-3)19(26)12-17/h4-14,26H,1-3H3. The Morgan fingerprint density at radius 1 is 0.926 bits per heavy atom. The van der Waals surface area contributed by atoms with Gasteiger partial charge in [-0.2, -0.15) is 0 Å². The van der Waals surface area contributed by atoms with Gasteiger partial charge in [0.15, 0.2) is 23.0 Å². The normalized spacial score (nSPS) is 11.3. The first-order valence-electron chi connectivity index (χ1n) is 8.89. The minimum Gasteiger partial charge on any atom is -0.504 e. The summed E-state index contributed by atoms with van der Waals surface area (Å²) in [5.74, 6) is 1.65. The number of pyridine rings is 1. The number of rotatable bonds is 4. The average molecular weight is 359 g/mol. The van der Waals surface area contributed by atoms with Crippen LogP contribution in [0, 0.1) is 0 Å². The van der Waals surface area contributed by atoms with Gasteiger partial charge in [-0.1, -0.05) is 38.1 Å². The molecule has 136 valence electrons. The van der Waals surface area contributed by atoms with E-state index in [9.17, 15) is 5.11 Å². The van der Waals surface area contributed by atoms with Crippen LogP contribution in [-0.4, -0.2) is 26.8 Å². The van der Waals surface area contributed by atoms with Crippen molar-refractivity contribution in [3.63, 3.8) is 0 Å². The van der Waals surface area contributed by atoms with Crippen LogP contribution in [0.5, 0.6) is 11.5 Å². The van der Waals surface area contributed by atoms with Crippen LogP contribution >= 0.6 is 0 Å². The molecule has 5 heteroatoms. The smallest absolute Gasteiger partial charge is 0.168 e. The van der Waals surface area contributed by atoms with E-state index in [2.05, 4.69) is 54.4 Å². The molecule has 0 saturated heterocycles. The van der Waals surface area contributed by atoms with Crippen LogP contribution in [0.1, 0.15) is 25.3 Å². The number of phenolic OH excluding ortho intramolecular Hbond substituents is 1. The van der Waals surface area contributed by atoms with Gasteiger partial charge in [0, 0.05) is 11.8 Å². The van der Waals surface area contributed by atoms with Crippen molar-refractivity contribution in [1.29, 1.82) is 0 Å². The molecule has 0 saturated carbocycles. The van der Waals surface area contributed by atoms with Crippen LogP contribution in [0.25, 0.3) is 28.2 Å². The van der Waals surface area contributed by atoms with Crippen molar-refractivity contribution in [2.45, 2.75) is 19.8 Å². The van der Waals surface area contributed by atoms with Crippen LogP contribution < -0.4 is 4.74 Å². The summed E-state index contributed by atoms with van der Waals surface area (Å²) in [6.45, 7) is 4.38. The van der Waals surface area contributed by atoms with Crippen molar-refractivity contribution in [2.75, 3.05) is 7.11 Å². The molecule has 2 heterocycles. The number of nitrogens with zero attached hydrogens (tertiary/aromatic N) is 3. The highest BCUT2D eigenvalue weighted by atomic mass is 16.5. The maximum absolute atomic E-state index is 10.1. The van der Waals surface area contributed by atoms with Crippen LogP contribution in [-0.2, 0) is 0 Å². The van der Waals surface area contributed by atoms with Crippen LogP contribution in [0.2, 0.25) is 0 Å². The lowest BCUT2D eigenvalue weighted by Gasteiger charge is -2.09. The van der Waals surface area contributed by atoms with Gasteiger partial charge in [-0.3, -0.25) is 4.40 Å². The molecule has 2 aromatic heterocycles. The molecule has 5 nitrogen and oxygen atoms in total. The van der Waals surface area contributed by atoms with E-state index in [1.54, 1.807) is 12.1 Å². The molecular weight excluding hydrogens is 338 g/mol. The Kier molecular flexibility index (Phi) is 4.28. The van der Waals surface area contributed by atoms with Crippen LogP contribution in [0.15, 0.2) is 60.8 Å². The number of hydrogen-bond acceptors (Lipinski definition) is 4. The summed E-state index contributed by atoms with van der Waals surface area (Å²) >= 11 is 0. The molecule has 0 aliphatic rings. The van der Waals surface area contributed by atoms with Crippen molar-refractivity contribution in [3.8, 4) is 34.0 Å². The molecule has 0 radical (unpaired) electrons. The van der Waals surface area contributed by atoms with Gasteiger partial charge in [0.1, 0.15) is 0 Å². The van der Waals surface area contributed by atoms with E-state index in [1.807, 2.05) is 22.7 Å². The monoisotopic (exact) mass is 359 g/mol. The molecule has 4 rings (SSSR count). The van der Waals surface area contributed by atoms with Crippen LogP contribution in [0.3, 0.4) is 0 Å². The third-order valence-electron chi connectivity index (χ3n) is 4.73. The number of phenols is 1. The van der Waals surface area contributed by atoms with E-state index in [-0.39, 0.29) is 5.75 Å². The van der Waals surface area contributed by atoms with Crippen molar-refractivity contribution in [1.82, 2.24) is 14.6 Å². The Hall–Kier alpha value is -3.34. The van der Waals surface area contributed by atoms with Crippen molar-refractivity contribution >= 4 is 5.65 Å². The zero-order chi connectivity index (χ0) is 19.0. The SMILES string of the molecule is COc1ccc(-c2nnc3ccc(-c4cccc(C(C)C)c4)cn23)cc1O. The zero-order valence-corrected chi connectivity index (χ0v) is 15.5. The Labute approximate surface area is 157 Å². The molecule has 0 amide bonds. The molecule has 0 aliphatic heterocycles. The molecule has 0 atom stereocenters. The second-order valence-electron chi connectivity index (χ2n) is 6.84. The van der Waals surface area contributed by atoms with E-state index in [0.29, 0.717) is 17.5 Å². The zero-order valence-electron chi connectivity index (χ0n) is 15.5. The second-order valence-corrected chi connectivity index (χ2v) is 6.84. The summed E-state index contributed by atoms with van der Waals surface area (Å²) in [6, 6.07) is 17.8. The fourth-order valence-electron chi connectivity index (χ4n) is 3.16. The summed E-state index contributed by atoms with van der Waals surface area (Å²) in [5.41, 5.74) is 5.07. The van der Waals surface area contributed by atoms with Gasteiger partial charge in [-0.15, -0.1) is 10.2 Å². The molecule has 4 aromatic rings. The van der Waals surface area contributed by atoms with E-state index >= 15 is 0 Å². The molecule has 2 aromatic carbocycles. The summed E-state index contributed by atoms with van der Waals surface area (Å²) in [7, 11) is 1.53. The average Bonchev–Trinajstić information content (AvgIpc) is 3.11. The topological polar surface area (TPSA) is 59.7 Å². The molecule has 0 fully saturated rings. The minimum atomic E-state index is 0.0764. The summed E-state index contributed by atoms with van der Waals surface area (Å²) in [4.78, 5) is 0. The number of methoxy groups -OCH3 is 1. The predicted molar refractivity (Wildman–Crippen MR) is 106 cm³/mol. The lowest BCUT2D eigenvalue weighted by Crippen LogP contribution is -1.93. The first-order valence-corrected chi connectivity index (χ1v) is 8.89. The second kappa shape index (κ2) is 6.76.